The second kappa shape index (κ2) is 11.0. The van der Waals surface area contributed by atoms with E-state index >= 15 is 0 Å². The number of hydrogen-bond donors (Lipinski definition) is 1. The maximum Gasteiger partial charge on any atom is 0.0512 e. The third kappa shape index (κ3) is 12.0. The van der Waals surface area contributed by atoms with Gasteiger partial charge < -0.3 is 5.11 Å². The highest BCUT2D eigenvalue weighted by Crippen LogP contribution is 2.10. The molecule has 1 radical (unpaired) electrons. The normalized spacial score (nSPS) is 13.1. The van der Waals surface area contributed by atoms with Crippen molar-refractivity contribution in [2.24, 2.45) is 0 Å². The van der Waals surface area contributed by atoms with Crippen molar-refractivity contribution < 1.29 is 5.11 Å². The number of unbranched alkanes of at least 4 members (excludes halogenated alkanes) is 8. The fourth-order valence-electron chi connectivity index (χ4n) is 1.68. The lowest BCUT2D eigenvalue weighted by atomic mass is 10.1. The maximum atomic E-state index is 9.05. The summed E-state index contributed by atoms with van der Waals surface area (Å²) in [5.74, 6) is 0. The van der Waals surface area contributed by atoms with Crippen LogP contribution < -0.4 is 0 Å². The van der Waals surface area contributed by atoms with Crippen LogP contribution in [0, 0.1) is 6.92 Å². The monoisotopic (exact) mass is 199 g/mol. The molecule has 0 bridgehead atoms. The van der Waals surface area contributed by atoms with E-state index in [1.165, 1.54) is 51.4 Å². The predicted octanol–water partition coefficient (Wildman–Crippen LogP) is 4.10. The van der Waals surface area contributed by atoms with E-state index in [0.29, 0.717) is 0 Å². The summed E-state index contributed by atoms with van der Waals surface area (Å²) >= 11 is 0. The van der Waals surface area contributed by atoms with Gasteiger partial charge in [0.25, 0.3) is 0 Å². The number of rotatable bonds is 10. The van der Waals surface area contributed by atoms with E-state index in [2.05, 4.69) is 6.92 Å². The molecule has 0 aromatic carbocycles. The molecule has 0 aliphatic heterocycles. The van der Waals surface area contributed by atoms with Crippen molar-refractivity contribution in [3.05, 3.63) is 6.92 Å². The van der Waals surface area contributed by atoms with E-state index in [-0.39, 0.29) is 6.10 Å². The zero-order valence-corrected chi connectivity index (χ0v) is 9.80. The molecule has 0 aromatic heterocycles. The largest absolute Gasteiger partial charge is 0.393 e. The second-order valence-corrected chi connectivity index (χ2v) is 4.32. The lowest BCUT2D eigenvalue weighted by molar-refractivity contribution is 0.180. The first-order valence-electron chi connectivity index (χ1n) is 6.24. The maximum absolute atomic E-state index is 9.05. The minimum Gasteiger partial charge on any atom is -0.393 e. The number of hydrogen-bond acceptors (Lipinski definition) is 1. The van der Waals surface area contributed by atoms with Gasteiger partial charge in [0.2, 0.25) is 0 Å². The van der Waals surface area contributed by atoms with Crippen LogP contribution >= 0.6 is 0 Å². The Kier molecular flexibility index (Phi) is 11.0. The summed E-state index contributed by atoms with van der Waals surface area (Å²) in [4.78, 5) is 0. The number of aliphatic hydroxyl groups excluding tert-OH is 1. The van der Waals surface area contributed by atoms with E-state index in [4.69, 9.17) is 5.11 Å². The van der Waals surface area contributed by atoms with E-state index in [9.17, 15) is 0 Å². The summed E-state index contributed by atoms with van der Waals surface area (Å²) in [5, 5.41) is 9.05. The van der Waals surface area contributed by atoms with E-state index in [1.54, 1.807) is 0 Å². The van der Waals surface area contributed by atoms with Gasteiger partial charge in [0.15, 0.2) is 0 Å². The molecule has 1 atom stereocenters. The summed E-state index contributed by atoms with van der Waals surface area (Å²) in [5.41, 5.74) is 0. The molecule has 1 nitrogen and oxygen atoms in total. The van der Waals surface area contributed by atoms with Gasteiger partial charge >= 0.3 is 0 Å². The molecular formula is C13H27O. The summed E-state index contributed by atoms with van der Waals surface area (Å²) in [6.45, 7) is 5.71. The van der Waals surface area contributed by atoms with Gasteiger partial charge in [-0.3, -0.25) is 0 Å². The third-order valence-electron chi connectivity index (χ3n) is 2.62. The van der Waals surface area contributed by atoms with Crippen LogP contribution in [0.1, 0.15) is 71.1 Å². The first-order valence-corrected chi connectivity index (χ1v) is 6.24. The Balaban J connectivity index is 2.85. The molecule has 14 heavy (non-hydrogen) atoms. The van der Waals surface area contributed by atoms with Crippen molar-refractivity contribution in [1.82, 2.24) is 0 Å². The summed E-state index contributed by atoms with van der Waals surface area (Å²) in [7, 11) is 0. The Hall–Kier alpha value is -0.0400. The first kappa shape index (κ1) is 14.0. The van der Waals surface area contributed by atoms with Crippen LogP contribution in [0.4, 0.5) is 0 Å². The van der Waals surface area contributed by atoms with Crippen molar-refractivity contribution in [3.63, 3.8) is 0 Å². The molecule has 0 amide bonds. The van der Waals surface area contributed by atoms with Gasteiger partial charge in [-0.25, -0.2) is 0 Å². The minimum atomic E-state index is -0.105. The smallest absolute Gasteiger partial charge is 0.0512 e. The van der Waals surface area contributed by atoms with Gasteiger partial charge in [-0.2, -0.15) is 0 Å². The molecule has 85 valence electrons. The Labute approximate surface area is 89.9 Å². The molecule has 1 N–H and O–H groups in total. The minimum absolute atomic E-state index is 0.105. The Morgan fingerprint density at radius 2 is 1.29 bits per heavy atom. The number of aliphatic hydroxyl groups is 1. The van der Waals surface area contributed by atoms with Gasteiger partial charge in [-0.05, 0) is 13.3 Å². The molecule has 0 fully saturated rings. The van der Waals surface area contributed by atoms with Crippen molar-refractivity contribution in [2.75, 3.05) is 0 Å². The first-order chi connectivity index (χ1) is 6.77. The standard InChI is InChI=1S/C13H27O/c1-3-4-5-6-7-8-9-10-11-12-13(2)14/h13-14H,1,3-12H2,2H3. The molecule has 0 heterocycles. The van der Waals surface area contributed by atoms with E-state index < -0.39 is 0 Å². The Bertz CT molecular complexity index is 99.4. The molecule has 1 unspecified atom stereocenters. The molecule has 0 saturated carbocycles. The fourth-order valence-corrected chi connectivity index (χ4v) is 1.68. The van der Waals surface area contributed by atoms with Crippen molar-refractivity contribution >= 4 is 0 Å². The van der Waals surface area contributed by atoms with Crippen LogP contribution in [0.25, 0.3) is 0 Å². The van der Waals surface area contributed by atoms with Gasteiger partial charge in [0.1, 0.15) is 0 Å². The van der Waals surface area contributed by atoms with Crippen LogP contribution in [0.3, 0.4) is 0 Å². The topological polar surface area (TPSA) is 20.2 Å². The highest BCUT2D eigenvalue weighted by Gasteiger charge is 1.95. The Morgan fingerprint density at radius 1 is 0.857 bits per heavy atom. The zero-order chi connectivity index (χ0) is 10.6. The van der Waals surface area contributed by atoms with Crippen LogP contribution in [-0.2, 0) is 0 Å². The van der Waals surface area contributed by atoms with Gasteiger partial charge in [-0.15, -0.1) is 0 Å². The summed E-state index contributed by atoms with van der Waals surface area (Å²) in [6.07, 6.45) is 12.6. The van der Waals surface area contributed by atoms with Crippen molar-refractivity contribution in [3.8, 4) is 0 Å². The van der Waals surface area contributed by atoms with Gasteiger partial charge in [0.05, 0.1) is 6.10 Å². The molecule has 0 aromatic rings. The summed E-state index contributed by atoms with van der Waals surface area (Å²) < 4.78 is 0. The lowest BCUT2D eigenvalue weighted by Crippen LogP contribution is -1.98. The van der Waals surface area contributed by atoms with E-state index in [1.807, 2.05) is 6.92 Å². The molecule has 0 saturated heterocycles. The van der Waals surface area contributed by atoms with E-state index in [0.717, 1.165) is 12.8 Å². The predicted molar refractivity (Wildman–Crippen MR) is 63.2 cm³/mol. The van der Waals surface area contributed by atoms with Crippen LogP contribution in [0.15, 0.2) is 0 Å². The molecular weight excluding hydrogens is 172 g/mol. The lowest BCUT2D eigenvalue weighted by Gasteiger charge is -2.03. The van der Waals surface area contributed by atoms with Gasteiger partial charge in [-0.1, -0.05) is 64.7 Å². The van der Waals surface area contributed by atoms with Crippen molar-refractivity contribution in [1.29, 1.82) is 0 Å². The fraction of sp³-hybridized carbons (Fsp3) is 0.923. The second-order valence-electron chi connectivity index (χ2n) is 4.32. The highest BCUT2D eigenvalue weighted by molar-refractivity contribution is 4.50. The highest BCUT2D eigenvalue weighted by atomic mass is 16.3. The summed E-state index contributed by atoms with van der Waals surface area (Å²) in [6, 6.07) is 0. The molecule has 0 spiro atoms. The van der Waals surface area contributed by atoms with Crippen molar-refractivity contribution in [2.45, 2.75) is 77.2 Å². The molecule has 0 rings (SSSR count). The Morgan fingerprint density at radius 3 is 1.71 bits per heavy atom. The van der Waals surface area contributed by atoms with Crippen LogP contribution in [0.2, 0.25) is 0 Å². The SMILES string of the molecule is [CH2]CCCCCCCCCCC(C)O. The van der Waals surface area contributed by atoms with Crippen LogP contribution in [0.5, 0.6) is 0 Å². The molecule has 0 aliphatic rings. The third-order valence-corrected chi connectivity index (χ3v) is 2.62. The molecule has 1 heteroatoms. The average Bonchev–Trinajstić information content (AvgIpc) is 2.15. The van der Waals surface area contributed by atoms with Gasteiger partial charge in [0, 0.05) is 0 Å². The zero-order valence-electron chi connectivity index (χ0n) is 9.80. The molecule has 0 aliphatic carbocycles. The van der Waals surface area contributed by atoms with Crippen LogP contribution in [-0.4, -0.2) is 11.2 Å². The quantitative estimate of drug-likeness (QED) is 0.525. The average molecular weight is 199 g/mol.